The molecule has 0 saturated carbocycles. The van der Waals surface area contributed by atoms with E-state index in [1.807, 2.05) is 30.3 Å². The number of hydrogen-bond acceptors (Lipinski definition) is 6. The minimum absolute atomic E-state index is 0.140. The Bertz CT molecular complexity index is 870. The molecule has 0 saturated heterocycles. The lowest BCUT2D eigenvalue weighted by Gasteiger charge is -2.08. The van der Waals surface area contributed by atoms with Crippen LogP contribution in [-0.2, 0) is 20.7 Å². The van der Waals surface area contributed by atoms with Crippen LogP contribution >= 0.6 is 0 Å². The Kier molecular flexibility index (Phi) is 8.30. The monoisotopic (exact) mass is 399 g/mol. The molecule has 2 N–H and O–H groups in total. The highest BCUT2D eigenvalue weighted by Gasteiger charge is 2.19. The van der Waals surface area contributed by atoms with Gasteiger partial charge < -0.3 is 4.74 Å². The number of amides is 2. The molecule has 29 heavy (non-hydrogen) atoms. The zero-order valence-corrected chi connectivity index (χ0v) is 15.6. The highest BCUT2D eigenvalue weighted by Crippen LogP contribution is 2.16. The van der Waals surface area contributed by atoms with E-state index in [1.54, 1.807) is 0 Å². The van der Waals surface area contributed by atoms with Crippen LogP contribution in [0.1, 0.15) is 35.2 Å². The Morgan fingerprint density at radius 3 is 2.34 bits per heavy atom. The summed E-state index contributed by atoms with van der Waals surface area (Å²) in [4.78, 5) is 45.6. The van der Waals surface area contributed by atoms with Gasteiger partial charge in [0.05, 0.1) is 18.0 Å². The summed E-state index contributed by atoms with van der Waals surface area (Å²) in [6, 6.07) is 15.1. The standard InChI is InChI=1S/C20H21N3O6/c24-18(21-22-20(26)16-10-4-5-11-17(16)23(27)28)12-13-19(25)29-14-6-9-15-7-2-1-3-8-15/h1-5,7-8,10-11H,6,9,12-14H2,(H,21,24)(H,22,26). The van der Waals surface area contributed by atoms with Gasteiger partial charge >= 0.3 is 5.97 Å². The summed E-state index contributed by atoms with van der Waals surface area (Å²) in [5.41, 5.74) is 4.80. The molecule has 0 aromatic heterocycles. The first-order valence-electron chi connectivity index (χ1n) is 8.99. The van der Waals surface area contributed by atoms with Crippen molar-refractivity contribution in [3.63, 3.8) is 0 Å². The summed E-state index contributed by atoms with van der Waals surface area (Å²) in [6.45, 7) is 0.254. The van der Waals surface area contributed by atoms with Gasteiger partial charge in [-0.2, -0.15) is 0 Å². The number of carbonyl (C=O) groups excluding carboxylic acids is 3. The molecule has 2 aromatic rings. The second-order valence-electron chi connectivity index (χ2n) is 6.09. The largest absolute Gasteiger partial charge is 0.466 e. The first-order valence-corrected chi connectivity index (χ1v) is 8.99. The number of esters is 1. The van der Waals surface area contributed by atoms with Crippen molar-refractivity contribution in [1.82, 2.24) is 10.9 Å². The third kappa shape index (κ3) is 7.41. The van der Waals surface area contributed by atoms with Crippen molar-refractivity contribution in [2.24, 2.45) is 0 Å². The maximum absolute atomic E-state index is 12.0. The van der Waals surface area contributed by atoms with E-state index in [0.29, 0.717) is 6.42 Å². The number of nitrogens with zero attached hydrogens (tertiary/aromatic N) is 1. The molecule has 0 unspecified atom stereocenters. The molecule has 0 bridgehead atoms. The molecule has 0 heterocycles. The highest BCUT2D eigenvalue weighted by atomic mass is 16.6. The first-order chi connectivity index (χ1) is 14.0. The van der Waals surface area contributed by atoms with E-state index in [-0.39, 0.29) is 30.7 Å². The second kappa shape index (κ2) is 11.2. The fourth-order valence-electron chi connectivity index (χ4n) is 2.48. The summed E-state index contributed by atoms with van der Waals surface area (Å²) >= 11 is 0. The van der Waals surface area contributed by atoms with Crippen LogP contribution in [0.15, 0.2) is 54.6 Å². The minimum Gasteiger partial charge on any atom is -0.466 e. The second-order valence-corrected chi connectivity index (χ2v) is 6.09. The van der Waals surface area contributed by atoms with Crippen LogP contribution < -0.4 is 10.9 Å². The Labute approximate surface area is 167 Å². The number of hydrogen-bond donors (Lipinski definition) is 2. The number of benzene rings is 2. The SMILES string of the molecule is O=C(CCC(=O)OCCCc1ccccc1)NNC(=O)c1ccccc1[N+](=O)[O-]. The molecule has 0 aliphatic carbocycles. The van der Waals surface area contributed by atoms with Crippen LogP contribution in [0.25, 0.3) is 0 Å². The average molecular weight is 399 g/mol. The quantitative estimate of drug-likeness (QED) is 0.288. The molecular weight excluding hydrogens is 378 g/mol. The van der Waals surface area contributed by atoms with Crippen molar-refractivity contribution in [2.75, 3.05) is 6.61 Å². The fourth-order valence-corrected chi connectivity index (χ4v) is 2.48. The van der Waals surface area contributed by atoms with Gasteiger partial charge in [0, 0.05) is 12.5 Å². The van der Waals surface area contributed by atoms with Crippen molar-refractivity contribution < 1.29 is 24.0 Å². The minimum atomic E-state index is -0.825. The van der Waals surface area contributed by atoms with E-state index in [4.69, 9.17) is 4.74 Å². The number of ether oxygens (including phenoxy) is 1. The number of aryl methyl sites for hydroxylation is 1. The van der Waals surface area contributed by atoms with Crippen molar-refractivity contribution >= 4 is 23.5 Å². The maximum atomic E-state index is 12.0. The van der Waals surface area contributed by atoms with Crippen molar-refractivity contribution in [1.29, 1.82) is 0 Å². The molecule has 2 amide bonds. The van der Waals surface area contributed by atoms with Crippen LogP contribution in [-0.4, -0.2) is 29.3 Å². The number of para-hydroxylation sites is 1. The van der Waals surface area contributed by atoms with E-state index in [2.05, 4.69) is 10.9 Å². The normalized spacial score (nSPS) is 10.1. The van der Waals surface area contributed by atoms with E-state index < -0.39 is 22.7 Å². The van der Waals surface area contributed by atoms with Gasteiger partial charge in [-0.25, -0.2) is 0 Å². The molecule has 152 valence electrons. The van der Waals surface area contributed by atoms with Gasteiger partial charge in [-0.05, 0) is 24.5 Å². The number of nitrogens with one attached hydrogen (secondary N) is 2. The highest BCUT2D eigenvalue weighted by molar-refractivity contribution is 5.99. The van der Waals surface area contributed by atoms with Crippen LogP contribution in [0.5, 0.6) is 0 Å². The molecule has 0 aliphatic heterocycles. The Hall–Kier alpha value is -3.75. The third-order valence-electron chi connectivity index (χ3n) is 3.93. The maximum Gasteiger partial charge on any atom is 0.306 e. The molecule has 9 heteroatoms. The number of nitro groups is 1. The van der Waals surface area contributed by atoms with Gasteiger partial charge in [-0.3, -0.25) is 35.3 Å². The molecule has 0 radical (unpaired) electrons. The predicted octanol–water partition coefficient (Wildman–Crippen LogP) is 2.31. The van der Waals surface area contributed by atoms with E-state index in [1.165, 1.54) is 24.3 Å². The van der Waals surface area contributed by atoms with E-state index in [0.717, 1.165) is 12.0 Å². The lowest BCUT2D eigenvalue weighted by Crippen LogP contribution is -2.41. The summed E-state index contributed by atoms with van der Waals surface area (Å²) < 4.78 is 5.07. The molecule has 0 aliphatic rings. The average Bonchev–Trinajstić information content (AvgIpc) is 2.74. The van der Waals surface area contributed by atoms with Crippen LogP contribution in [0, 0.1) is 10.1 Å². The number of nitro benzene ring substituents is 1. The van der Waals surface area contributed by atoms with E-state index in [9.17, 15) is 24.5 Å². The zero-order chi connectivity index (χ0) is 21.1. The number of carbonyl (C=O) groups is 3. The van der Waals surface area contributed by atoms with Crippen LogP contribution in [0.2, 0.25) is 0 Å². The van der Waals surface area contributed by atoms with Gasteiger partial charge in [-0.1, -0.05) is 42.5 Å². The van der Waals surface area contributed by atoms with Gasteiger partial charge in [0.1, 0.15) is 5.56 Å². The van der Waals surface area contributed by atoms with Gasteiger partial charge in [0.2, 0.25) is 5.91 Å². The van der Waals surface area contributed by atoms with Gasteiger partial charge in [0.15, 0.2) is 0 Å². The van der Waals surface area contributed by atoms with Gasteiger partial charge in [0.25, 0.3) is 11.6 Å². The lowest BCUT2D eigenvalue weighted by molar-refractivity contribution is -0.385. The summed E-state index contributed by atoms with van der Waals surface area (Å²) in [7, 11) is 0. The molecule has 0 spiro atoms. The summed E-state index contributed by atoms with van der Waals surface area (Å²) in [6.07, 6.45) is 1.13. The Morgan fingerprint density at radius 2 is 1.62 bits per heavy atom. The lowest BCUT2D eigenvalue weighted by atomic mass is 10.1. The molecule has 9 nitrogen and oxygen atoms in total. The molecular formula is C20H21N3O6. The van der Waals surface area contributed by atoms with Crippen LogP contribution in [0.4, 0.5) is 5.69 Å². The van der Waals surface area contributed by atoms with Crippen molar-refractivity contribution in [3.8, 4) is 0 Å². The molecule has 2 aromatic carbocycles. The zero-order valence-electron chi connectivity index (χ0n) is 15.6. The van der Waals surface area contributed by atoms with Crippen LogP contribution in [0.3, 0.4) is 0 Å². The van der Waals surface area contributed by atoms with E-state index >= 15 is 0 Å². The number of rotatable bonds is 9. The molecule has 0 atom stereocenters. The first kappa shape index (κ1) is 21.5. The summed E-state index contributed by atoms with van der Waals surface area (Å²) in [5, 5.41) is 10.9. The number of hydrazine groups is 1. The predicted molar refractivity (Wildman–Crippen MR) is 104 cm³/mol. The molecule has 0 fully saturated rings. The topological polar surface area (TPSA) is 128 Å². The summed E-state index contributed by atoms with van der Waals surface area (Å²) in [5.74, 6) is -1.95. The fraction of sp³-hybridized carbons (Fsp3) is 0.250. The van der Waals surface area contributed by atoms with Crippen molar-refractivity contribution in [3.05, 3.63) is 75.8 Å². The Morgan fingerprint density at radius 1 is 0.931 bits per heavy atom. The van der Waals surface area contributed by atoms with Gasteiger partial charge in [-0.15, -0.1) is 0 Å². The Balaban J connectivity index is 1.64. The van der Waals surface area contributed by atoms with Crippen molar-refractivity contribution in [2.45, 2.75) is 25.7 Å². The molecule has 2 rings (SSSR count). The third-order valence-corrected chi connectivity index (χ3v) is 3.93. The smallest absolute Gasteiger partial charge is 0.306 e.